The molecule has 1 fully saturated rings. The number of aliphatic hydroxyl groups is 1. The maximum Gasteiger partial charge on any atom is 0.243 e. The molecule has 21 heavy (non-hydrogen) atoms. The number of aliphatic hydroxyl groups excluding tert-OH is 1. The molecule has 1 aromatic carbocycles. The van der Waals surface area contributed by atoms with Gasteiger partial charge >= 0.3 is 0 Å². The zero-order valence-corrected chi connectivity index (χ0v) is 12.7. The van der Waals surface area contributed by atoms with Crippen LogP contribution in [0, 0.1) is 5.82 Å². The van der Waals surface area contributed by atoms with E-state index in [0.717, 1.165) is 19.3 Å². The molecule has 0 heterocycles. The molecule has 0 aromatic heterocycles. The van der Waals surface area contributed by atoms with Crippen LogP contribution < -0.4 is 5.73 Å². The summed E-state index contributed by atoms with van der Waals surface area (Å²) < 4.78 is 40.8. The average molecular weight is 316 g/mol. The van der Waals surface area contributed by atoms with Crippen molar-refractivity contribution in [1.82, 2.24) is 4.31 Å². The average Bonchev–Trinajstić information content (AvgIpc) is 2.40. The fourth-order valence-electron chi connectivity index (χ4n) is 2.51. The largest absolute Gasteiger partial charge is 0.396 e. The zero-order chi connectivity index (χ0) is 15.5. The summed E-state index contributed by atoms with van der Waals surface area (Å²) in [5.74, 6) is -0.603. The third-order valence-electron chi connectivity index (χ3n) is 3.89. The Morgan fingerprint density at radius 2 is 2.10 bits per heavy atom. The lowest BCUT2D eigenvalue weighted by atomic mass is 9.93. The summed E-state index contributed by atoms with van der Waals surface area (Å²) in [6.45, 7) is -0.00456. The van der Waals surface area contributed by atoms with Gasteiger partial charge in [-0.25, -0.2) is 12.8 Å². The minimum Gasteiger partial charge on any atom is -0.396 e. The molecular formula is C14H21FN2O3S. The maximum absolute atomic E-state index is 13.8. The van der Waals surface area contributed by atoms with E-state index in [1.807, 2.05) is 0 Å². The minimum absolute atomic E-state index is 0.0193. The Balaban J connectivity index is 2.40. The summed E-state index contributed by atoms with van der Waals surface area (Å²) in [6.07, 6.45) is 2.96. The van der Waals surface area contributed by atoms with Crippen molar-refractivity contribution in [3.8, 4) is 0 Å². The molecule has 3 N–H and O–H groups in total. The van der Waals surface area contributed by atoms with Crippen LogP contribution in [0.25, 0.3) is 0 Å². The fraction of sp³-hybridized carbons (Fsp3) is 0.571. The van der Waals surface area contributed by atoms with Gasteiger partial charge in [0.2, 0.25) is 10.0 Å². The third kappa shape index (κ3) is 3.26. The van der Waals surface area contributed by atoms with Gasteiger partial charge in [0.25, 0.3) is 0 Å². The number of sulfonamides is 1. The van der Waals surface area contributed by atoms with Gasteiger partial charge in [0.05, 0.1) is 4.90 Å². The summed E-state index contributed by atoms with van der Waals surface area (Å²) in [5, 5.41) is 8.97. The van der Waals surface area contributed by atoms with E-state index < -0.39 is 15.8 Å². The molecule has 5 nitrogen and oxygen atoms in total. The standard InChI is InChI=1S/C14H21FN2O3S/c15-13-6-2-7-14(12(13)10-16)21(19,20)17(8-3-9-18)11-4-1-5-11/h2,6-7,11,18H,1,3-5,8-10,16H2. The van der Waals surface area contributed by atoms with Gasteiger partial charge in [-0.05, 0) is 31.4 Å². The normalized spacial score (nSPS) is 16.2. The van der Waals surface area contributed by atoms with Gasteiger partial charge in [0.1, 0.15) is 5.82 Å². The molecule has 0 amide bonds. The Bertz CT molecular complexity index is 588. The summed E-state index contributed by atoms with van der Waals surface area (Å²) in [5.41, 5.74) is 5.53. The first-order valence-corrected chi connectivity index (χ1v) is 8.56. The summed E-state index contributed by atoms with van der Waals surface area (Å²) >= 11 is 0. The Morgan fingerprint density at radius 1 is 1.38 bits per heavy atom. The molecule has 0 atom stereocenters. The molecule has 0 unspecified atom stereocenters. The number of benzene rings is 1. The first kappa shape index (κ1) is 16.4. The van der Waals surface area contributed by atoms with Crippen LogP contribution in [0.4, 0.5) is 4.39 Å². The lowest BCUT2D eigenvalue weighted by Crippen LogP contribution is -2.45. The molecule has 118 valence electrons. The number of hydrogen-bond donors (Lipinski definition) is 2. The van der Waals surface area contributed by atoms with E-state index in [9.17, 15) is 12.8 Å². The summed E-state index contributed by atoms with van der Waals surface area (Å²) in [6, 6.07) is 3.93. The highest BCUT2D eigenvalue weighted by atomic mass is 32.2. The number of hydrogen-bond acceptors (Lipinski definition) is 4. The molecule has 0 spiro atoms. The van der Waals surface area contributed by atoms with Crippen molar-refractivity contribution in [2.24, 2.45) is 5.73 Å². The molecule has 0 bridgehead atoms. The highest BCUT2D eigenvalue weighted by Gasteiger charge is 2.35. The Hall–Kier alpha value is -1.02. The first-order valence-electron chi connectivity index (χ1n) is 7.12. The number of nitrogens with two attached hydrogens (primary N) is 1. The maximum atomic E-state index is 13.8. The predicted molar refractivity (Wildman–Crippen MR) is 77.5 cm³/mol. The summed E-state index contributed by atoms with van der Waals surface area (Å²) in [4.78, 5) is -0.0603. The van der Waals surface area contributed by atoms with E-state index in [1.165, 1.54) is 22.5 Å². The van der Waals surface area contributed by atoms with Crippen LogP contribution in [0.5, 0.6) is 0 Å². The van der Waals surface area contributed by atoms with Crippen LogP contribution in [-0.2, 0) is 16.6 Å². The second-order valence-electron chi connectivity index (χ2n) is 5.20. The molecule has 1 aliphatic carbocycles. The number of nitrogens with zero attached hydrogens (tertiary/aromatic N) is 1. The van der Waals surface area contributed by atoms with E-state index in [0.29, 0.717) is 6.42 Å². The van der Waals surface area contributed by atoms with E-state index in [2.05, 4.69) is 0 Å². The second-order valence-corrected chi connectivity index (χ2v) is 7.06. The quantitative estimate of drug-likeness (QED) is 0.792. The zero-order valence-electron chi connectivity index (χ0n) is 11.8. The Kier molecular flexibility index (Phi) is 5.32. The molecule has 1 saturated carbocycles. The second kappa shape index (κ2) is 6.83. The topological polar surface area (TPSA) is 83.6 Å². The highest BCUT2D eigenvalue weighted by Crippen LogP contribution is 2.31. The van der Waals surface area contributed by atoms with E-state index >= 15 is 0 Å². The van der Waals surface area contributed by atoms with E-state index in [1.54, 1.807) is 0 Å². The van der Waals surface area contributed by atoms with E-state index in [4.69, 9.17) is 10.8 Å². The predicted octanol–water partition coefficient (Wildman–Crippen LogP) is 1.21. The molecule has 0 saturated heterocycles. The van der Waals surface area contributed by atoms with Gasteiger partial charge in [-0.2, -0.15) is 4.31 Å². The third-order valence-corrected chi connectivity index (χ3v) is 5.92. The lowest BCUT2D eigenvalue weighted by molar-refractivity contribution is 0.198. The number of halogens is 1. The smallest absolute Gasteiger partial charge is 0.243 e. The monoisotopic (exact) mass is 316 g/mol. The van der Waals surface area contributed by atoms with Gasteiger partial charge < -0.3 is 10.8 Å². The highest BCUT2D eigenvalue weighted by molar-refractivity contribution is 7.89. The Labute approximate surface area is 124 Å². The minimum atomic E-state index is -3.80. The van der Waals surface area contributed by atoms with Crippen LogP contribution in [-0.4, -0.2) is 37.0 Å². The van der Waals surface area contributed by atoms with Crippen molar-refractivity contribution >= 4 is 10.0 Å². The fourth-order valence-corrected chi connectivity index (χ4v) is 4.47. The van der Waals surface area contributed by atoms with E-state index in [-0.39, 0.29) is 36.2 Å². The van der Waals surface area contributed by atoms with Gasteiger partial charge in [-0.3, -0.25) is 0 Å². The van der Waals surface area contributed by atoms with Crippen molar-refractivity contribution in [2.45, 2.75) is 43.2 Å². The van der Waals surface area contributed by atoms with Gasteiger partial charge in [0, 0.05) is 31.3 Å². The molecule has 0 aliphatic heterocycles. The van der Waals surface area contributed by atoms with Gasteiger partial charge in [0.15, 0.2) is 0 Å². The SMILES string of the molecule is NCc1c(F)cccc1S(=O)(=O)N(CCCO)C1CCC1. The first-order chi connectivity index (χ1) is 10.0. The summed E-state index contributed by atoms with van der Waals surface area (Å²) in [7, 11) is -3.80. The number of rotatable bonds is 7. The molecular weight excluding hydrogens is 295 g/mol. The van der Waals surface area contributed by atoms with Crippen LogP contribution in [0.15, 0.2) is 23.1 Å². The molecule has 0 radical (unpaired) electrons. The molecule has 7 heteroatoms. The van der Waals surface area contributed by atoms with Crippen LogP contribution >= 0.6 is 0 Å². The Morgan fingerprint density at radius 3 is 2.62 bits per heavy atom. The van der Waals surface area contributed by atoms with Crippen molar-refractivity contribution in [1.29, 1.82) is 0 Å². The lowest BCUT2D eigenvalue weighted by Gasteiger charge is -2.36. The van der Waals surface area contributed by atoms with Gasteiger partial charge in [-0.15, -0.1) is 0 Å². The van der Waals surface area contributed by atoms with Crippen molar-refractivity contribution in [3.05, 3.63) is 29.6 Å². The van der Waals surface area contributed by atoms with Crippen molar-refractivity contribution in [3.63, 3.8) is 0 Å². The van der Waals surface area contributed by atoms with Crippen molar-refractivity contribution in [2.75, 3.05) is 13.2 Å². The molecule has 1 aliphatic rings. The molecule has 1 aromatic rings. The molecule has 2 rings (SSSR count). The van der Waals surface area contributed by atoms with Crippen LogP contribution in [0.3, 0.4) is 0 Å². The van der Waals surface area contributed by atoms with Crippen molar-refractivity contribution < 1.29 is 17.9 Å². The van der Waals surface area contributed by atoms with Gasteiger partial charge in [-0.1, -0.05) is 12.5 Å². The van der Waals surface area contributed by atoms with Crippen LogP contribution in [0.1, 0.15) is 31.2 Å². The van der Waals surface area contributed by atoms with Crippen LogP contribution in [0.2, 0.25) is 0 Å².